The second-order valence-corrected chi connectivity index (χ2v) is 19.4. The molecule has 0 aromatic rings. The number of phosphoric acid groups is 1. The molecule has 6 unspecified atom stereocenters. The number of hydrogen-bond acceptors (Lipinski definition) is 11. The quantitative estimate of drug-likeness (QED) is 0.0147. The summed E-state index contributed by atoms with van der Waals surface area (Å²) in [7, 11) is -5.02. The SMILES string of the molecule is CCC/C=C\C/C=C\CCCCCCCC(=O)OC(COCCCCCCCCCCCCCCCCCCCCCCCCC)COP(=O)(O)OC1C(O)C(O)C(O)C(O)C1O. The summed E-state index contributed by atoms with van der Waals surface area (Å²) < 4.78 is 34.2. The number of unbranched alkanes of at least 4 members (excludes halogenated alkanes) is 28. The summed E-state index contributed by atoms with van der Waals surface area (Å²) in [6.45, 7) is 4.21. The van der Waals surface area contributed by atoms with Crippen LogP contribution in [0.25, 0.3) is 0 Å². The number of hydrogen-bond donors (Lipinski definition) is 6. The number of carbonyl (C=O) groups excluding carboxylic acids is 1. The van der Waals surface area contributed by atoms with Crippen molar-refractivity contribution in [1.29, 1.82) is 0 Å². The molecule has 1 rings (SSSR count). The Labute approximate surface area is 383 Å². The monoisotopic (exact) mass is 919 g/mol. The molecular weight excluding hydrogens is 824 g/mol. The van der Waals surface area contributed by atoms with Crippen LogP contribution in [0.1, 0.15) is 226 Å². The molecule has 0 spiro atoms. The predicted octanol–water partition coefficient (Wildman–Crippen LogP) is 11.3. The molecule has 372 valence electrons. The molecule has 1 aliphatic rings. The Morgan fingerprint density at radius 1 is 0.508 bits per heavy atom. The summed E-state index contributed by atoms with van der Waals surface area (Å²) in [5.74, 6) is -0.488. The van der Waals surface area contributed by atoms with Gasteiger partial charge >= 0.3 is 13.8 Å². The Morgan fingerprint density at radius 2 is 0.921 bits per heavy atom. The summed E-state index contributed by atoms with van der Waals surface area (Å²) in [6.07, 6.45) is 35.5. The minimum atomic E-state index is -5.02. The minimum Gasteiger partial charge on any atom is -0.457 e. The molecule has 12 nitrogen and oxygen atoms in total. The van der Waals surface area contributed by atoms with Gasteiger partial charge in [-0.1, -0.05) is 205 Å². The Hall–Kier alpha value is -1.18. The zero-order valence-corrected chi connectivity index (χ0v) is 40.8. The Kier molecular flexibility index (Phi) is 39.0. The topological polar surface area (TPSA) is 192 Å². The van der Waals surface area contributed by atoms with Crippen LogP contribution >= 0.6 is 7.82 Å². The highest BCUT2D eigenvalue weighted by atomic mass is 31.2. The zero-order valence-electron chi connectivity index (χ0n) is 39.9. The van der Waals surface area contributed by atoms with Crippen molar-refractivity contribution in [2.45, 2.75) is 268 Å². The van der Waals surface area contributed by atoms with Gasteiger partial charge in [0.1, 0.15) is 42.7 Å². The van der Waals surface area contributed by atoms with Crippen molar-refractivity contribution in [3.8, 4) is 0 Å². The largest absolute Gasteiger partial charge is 0.472 e. The van der Waals surface area contributed by atoms with Gasteiger partial charge in [0.2, 0.25) is 0 Å². The van der Waals surface area contributed by atoms with Gasteiger partial charge < -0.3 is 39.9 Å². The van der Waals surface area contributed by atoms with Gasteiger partial charge in [-0.15, -0.1) is 0 Å². The predicted molar refractivity (Wildman–Crippen MR) is 253 cm³/mol. The first-order chi connectivity index (χ1) is 30.5. The minimum absolute atomic E-state index is 0.0781. The van der Waals surface area contributed by atoms with Gasteiger partial charge in [-0.25, -0.2) is 4.57 Å². The van der Waals surface area contributed by atoms with Crippen LogP contribution < -0.4 is 0 Å². The molecule has 13 heteroatoms. The van der Waals surface area contributed by atoms with Crippen LogP contribution in [-0.2, 0) is 27.9 Å². The van der Waals surface area contributed by atoms with E-state index in [0.717, 1.165) is 70.6 Å². The van der Waals surface area contributed by atoms with Crippen molar-refractivity contribution in [1.82, 2.24) is 0 Å². The maximum absolute atomic E-state index is 12.8. The number of carbonyl (C=O) groups is 1. The van der Waals surface area contributed by atoms with Crippen LogP contribution in [0.3, 0.4) is 0 Å². The smallest absolute Gasteiger partial charge is 0.457 e. The third kappa shape index (κ3) is 33.0. The summed E-state index contributed by atoms with van der Waals surface area (Å²) in [4.78, 5) is 23.2. The van der Waals surface area contributed by atoms with Gasteiger partial charge in [0.15, 0.2) is 0 Å². The lowest BCUT2D eigenvalue weighted by Gasteiger charge is -2.41. The van der Waals surface area contributed by atoms with Gasteiger partial charge in [0.05, 0.1) is 13.2 Å². The Balaban J connectivity index is 2.29. The number of aliphatic hydroxyl groups is 5. The summed E-state index contributed by atoms with van der Waals surface area (Å²) in [5, 5.41) is 50.2. The van der Waals surface area contributed by atoms with Gasteiger partial charge in [-0.2, -0.15) is 0 Å². The molecule has 0 aliphatic heterocycles. The Bertz CT molecular complexity index is 1140. The molecule has 1 saturated carbocycles. The van der Waals surface area contributed by atoms with E-state index in [1.807, 2.05) is 0 Å². The average molecular weight is 919 g/mol. The van der Waals surface area contributed by atoms with Crippen molar-refractivity contribution in [3.05, 3.63) is 24.3 Å². The van der Waals surface area contributed by atoms with Crippen LogP contribution in [0.5, 0.6) is 0 Å². The van der Waals surface area contributed by atoms with Crippen molar-refractivity contribution in [3.63, 3.8) is 0 Å². The molecule has 1 aliphatic carbocycles. The van der Waals surface area contributed by atoms with Crippen molar-refractivity contribution >= 4 is 13.8 Å². The summed E-state index contributed by atoms with van der Waals surface area (Å²) in [6, 6.07) is 0. The van der Waals surface area contributed by atoms with Crippen molar-refractivity contribution in [2.24, 2.45) is 0 Å². The van der Waals surface area contributed by atoms with E-state index in [0.29, 0.717) is 13.0 Å². The number of esters is 1. The number of phosphoric ester groups is 1. The van der Waals surface area contributed by atoms with Crippen LogP contribution in [0, 0.1) is 0 Å². The number of aliphatic hydroxyl groups excluding tert-OH is 5. The van der Waals surface area contributed by atoms with E-state index in [1.165, 1.54) is 128 Å². The maximum Gasteiger partial charge on any atom is 0.472 e. The van der Waals surface area contributed by atoms with Crippen LogP contribution in [0.2, 0.25) is 0 Å². The molecule has 0 amide bonds. The molecule has 1 fully saturated rings. The summed E-state index contributed by atoms with van der Waals surface area (Å²) >= 11 is 0. The lowest BCUT2D eigenvalue weighted by molar-refractivity contribution is -0.220. The lowest BCUT2D eigenvalue weighted by Crippen LogP contribution is -2.64. The third-order valence-electron chi connectivity index (χ3n) is 12.1. The normalized spacial score (nSPS) is 22.0. The average Bonchev–Trinajstić information content (AvgIpc) is 3.27. The third-order valence-corrected chi connectivity index (χ3v) is 13.0. The Morgan fingerprint density at radius 3 is 1.40 bits per heavy atom. The highest BCUT2D eigenvalue weighted by Crippen LogP contribution is 2.47. The van der Waals surface area contributed by atoms with Gasteiger partial charge in [-0.05, 0) is 38.5 Å². The molecule has 63 heavy (non-hydrogen) atoms. The van der Waals surface area contributed by atoms with E-state index >= 15 is 0 Å². The van der Waals surface area contributed by atoms with Crippen molar-refractivity contribution in [2.75, 3.05) is 19.8 Å². The standard InChI is InChI=1S/C50H95O12P/c1-3-5-7-9-11-13-15-17-18-19-20-21-22-23-24-25-26-28-30-32-34-36-38-40-59-41-43(42-60-63(57,58)62-50-48(55)46(53)45(52)47(54)49(50)56)61-44(51)39-37-35-33-31-29-27-16-14-12-10-8-6-4-2/h8,10,14,16,43,45-50,52-56H,3-7,9,11-13,15,17-42H2,1-2H3,(H,57,58)/b10-8-,16-14-. The summed E-state index contributed by atoms with van der Waals surface area (Å²) in [5.41, 5.74) is 0. The molecule has 0 aromatic carbocycles. The van der Waals surface area contributed by atoms with E-state index in [1.54, 1.807) is 0 Å². The molecule has 0 radical (unpaired) electrons. The van der Waals surface area contributed by atoms with Crippen LogP contribution in [0.15, 0.2) is 24.3 Å². The van der Waals surface area contributed by atoms with Crippen LogP contribution in [-0.4, -0.2) is 98.9 Å². The fraction of sp³-hybridized carbons (Fsp3) is 0.900. The molecule has 0 bridgehead atoms. The van der Waals surface area contributed by atoms with Crippen molar-refractivity contribution < 1.29 is 58.3 Å². The lowest BCUT2D eigenvalue weighted by atomic mass is 9.85. The second-order valence-electron chi connectivity index (χ2n) is 18.0. The highest BCUT2D eigenvalue weighted by Gasteiger charge is 2.51. The first kappa shape index (κ1) is 59.8. The fourth-order valence-electron chi connectivity index (χ4n) is 7.98. The molecular formula is C50H95O12P. The molecule has 0 heterocycles. The maximum atomic E-state index is 12.8. The molecule has 6 N–H and O–H groups in total. The second kappa shape index (κ2) is 41.0. The zero-order chi connectivity index (χ0) is 46.2. The van der Waals surface area contributed by atoms with Crippen LogP contribution in [0.4, 0.5) is 0 Å². The van der Waals surface area contributed by atoms with Gasteiger partial charge in [0, 0.05) is 13.0 Å². The van der Waals surface area contributed by atoms with E-state index < -0.39 is 63.1 Å². The first-order valence-electron chi connectivity index (χ1n) is 25.7. The van der Waals surface area contributed by atoms with Gasteiger partial charge in [0.25, 0.3) is 0 Å². The highest BCUT2D eigenvalue weighted by molar-refractivity contribution is 7.47. The van der Waals surface area contributed by atoms with Gasteiger partial charge in [-0.3, -0.25) is 13.8 Å². The molecule has 0 saturated heterocycles. The first-order valence-corrected chi connectivity index (χ1v) is 27.2. The number of allylic oxidation sites excluding steroid dienone is 4. The van der Waals surface area contributed by atoms with E-state index in [2.05, 4.69) is 38.2 Å². The number of ether oxygens (including phenoxy) is 2. The van der Waals surface area contributed by atoms with E-state index in [-0.39, 0.29) is 13.0 Å². The fourth-order valence-corrected chi connectivity index (χ4v) is 8.96. The number of rotatable bonds is 44. The van der Waals surface area contributed by atoms with E-state index in [4.69, 9.17) is 18.5 Å². The molecule has 6 atom stereocenters. The molecule has 0 aromatic heterocycles. The van der Waals surface area contributed by atoms with E-state index in [9.17, 15) is 39.8 Å².